The van der Waals surface area contributed by atoms with E-state index in [1.54, 1.807) is 18.3 Å². The molecule has 0 saturated carbocycles. The number of nitrogens with zero attached hydrogens (tertiary/aromatic N) is 1. The minimum absolute atomic E-state index is 0.141. The lowest BCUT2D eigenvalue weighted by Crippen LogP contribution is -2.21. The van der Waals surface area contributed by atoms with E-state index in [9.17, 15) is 13.6 Å². The molecule has 1 aromatic carbocycles. The zero-order valence-corrected chi connectivity index (χ0v) is 10.8. The van der Waals surface area contributed by atoms with Gasteiger partial charge in [-0.25, -0.2) is 8.78 Å². The molecule has 0 fully saturated rings. The minimum Gasteiger partial charge on any atom is -0.310 e. The zero-order valence-electron chi connectivity index (χ0n) is 8.66. The second-order valence-corrected chi connectivity index (χ2v) is 4.70. The van der Waals surface area contributed by atoms with Crippen molar-refractivity contribution in [3.63, 3.8) is 0 Å². The van der Waals surface area contributed by atoms with Crippen LogP contribution in [0.5, 0.6) is 0 Å². The summed E-state index contributed by atoms with van der Waals surface area (Å²) < 4.78 is 27.8. The molecule has 0 unspecified atom stereocenters. The predicted octanol–water partition coefficient (Wildman–Crippen LogP) is 2.78. The summed E-state index contributed by atoms with van der Waals surface area (Å²) in [5.41, 5.74) is 0.408. The molecule has 0 N–H and O–H groups in total. The summed E-state index contributed by atoms with van der Waals surface area (Å²) in [6.45, 7) is 0.229. The molecular weight excluding hydrogens is 339 g/mol. The van der Waals surface area contributed by atoms with Gasteiger partial charge in [0, 0.05) is 6.20 Å². The predicted molar refractivity (Wildman–Crippen MR) is 68.9 cm³/mol. The van der Waals surface area contributed by atoms with Crippen molar-refractivity contribution in [2.75, 3.05) is 0 Å². The SMILES string of the molecule is O=c1c(I)cccn1Cc1ccc(F)c(F)c1. The molecule has 0 amide bonds. The average molecular weight is 347 g/mol. The molecule has 1 heterocycles. The first kappa shape index (κ1) is 12.2. The van der Waals surface area contributed by atoms with E-state index in [-0.39, 0.29) is 12.1 Å². The maximum Gasteiger partial charge on any atom is 0.264 e. The van der Waals surface area contributed by atoms with Gasteiger partial charge in [0.1, 0.15) is 0 Å². The van der Waals surface area contributed by atoms with Gasteiger partial charge in [0.05, 0.1) is 10.1 Å². The Labute approximate surface area is 110 Å². The third-order valence-electron chi connectivity index (χ3n) is 2.31. The second-order valence-electron chi connectivity index (χ2n) is 3.54. The first-order valence-corrected chi connectivity index (χ1v) is 5.94. The fraction of sp³-hybridized carbons (Fsp3) is 0.0833. The van der Waals surface area contributed by atoms with Crippen LogP contribution >= 0.6 is 22.6 Å². The topological polar surface area (TPSA) is 22.0 Å². The molecular formula is C12H8F2INO. The molecule has 88 valence electrons. The van der Waals surface area contributed by atoms with Crippen molar-refractivity contribution in [3.8, 4) is 0 Å². The van der Waals surface area contributed by atoms with Crippen LogP contribution in [0.4, 0.5) is 8.78 Å². The Morgan fingerprint density at radius 2 is 1.94 bits per heavy atom. The molecule has 0 bridgehead atoms. The van der Waals surface area contributed by atoms with Crippen LogP contribution in [0.3, 0.4) is 0 Å². The fourth-order valence-corrected chi connectivity index (χ4v) is 1.98. The van der Waals surface area contributed by atoms with Gasteiger partial charge in [0.15, 0.2) is 11.6 Å². The van der Waals surface area contributed by atoms with Crippen LogP contribution < -0.4 is 5.56 Å². The lowest BCUT2D eigenvalue weighted by atomic mass is 10.2. The van der Waals surface area contributed by atoms with Crippen LogP contribution in [-0.4, -0.2) is 4.57 Å². The molecule has 0 radical (unpaired) electrons. The van der Waals surface area contributed by atoms with Crippen molar-refractivity contribution in [2.45, 2.75) is 6.54 Å². The summed E-state index contributed by atoms with van der Waals surface area (Å²) >= 11 is 1.94. The van der Waals surface area contributed by atoms with Gasteiger partial charge < -0.3 is 4.57 Å². The highest BCUT2D eigenvalue weighted by Gasteiger charge is 2.05. The van der Waals surface area contributed by atoms with Gasteiger partial charge in [-0.1, -0.05) is 6.07 Å². The molecule has 17 heavy (non-hydrogen) atoms. The van der Waals surface area contributed by atoms with E-state index in [1.165, 1.54) is 10.6 Å². The van der Waals surface area contributed by atoms with Gasteiger partial charge in [-0.2, -0.15) is 0 Å². The summed E-state index contributed by atoms with van der Waals surface area (Å²) in [4.78, 5) is 11.7. The molecule has 0 spiro atoms. The lowest BCUT2D eigenvalue weighted by Gasteiger charge is -2.06. The molecule has 2 rings (SSSR count). The van der Waals surface area contributed by atoms with Gasteiger partial charge in [-0.05, 0) is 52.4 Å². The second kappa shape index (κ2) is 4.95. The highest BCUT2D eigenvalue weighted by Crippen LogP contribution is 2.09. The Kier molecular flexibility index (Phi) is 3.56. The number of aromatic nitrogens is 1. The monoisotopic (exact) mass is 347 g/mol. The van der Waals surface area contributed by atoms with E-state index in [1.807, 2.05) is 22.6 Å². The van der Waals surface area contributed by atoms with Crippen LogP contribution in [-0.2, 0) is 6.54 Å². The van der Waals surface area contributed by atoms with Gasteiger partial charge in [-0.15, -0.1) is 0 Å². The van der Waals surface area contributed by atoms with Gasteiger partial charge in [-0.3, -0.25) is 4.79 Å². The van der Waals surface area contributed by atoms with Crippen molar-refractivity contribution < 1.29 is 8.78 Å². The number of halogens is 3. The molecule has 5 heteroatoms. The molecule has 0 aliphatic rings. The highest BCUT2D eigenvalue weighted by atomic mass is 127. The Hall–Kier alpha value is -1.24. The van der Waals surface area contributed by atoms with E-state index in [4.69, 9.17) is 0 Å². The average Bonchev–Trinajstić information content (AvgIpc) is 2.30. The van der Waals surface area contributed by atoms with Crippen molar-refractivity contribution in [1.29, 1.82) is 0 Å². The fourth-order valence-electron chi connectivity index (χ4n) is 1.47. The Bertz CT molecular complexity index is 610. The first-order chi connectivity index (χ1) is 8.08. The smallest absolute Gasteiger partial charge is 0.264 e. The minimum atomic E-state index is -0.902. The molecule has 0 atom stereocenters. The third kappa shape index (κ3) is 2.71. The van der Waals surface area contributed by atoms with Crippen molar-refractivity contribution in [3.05, 3.63) is 67.7 Å². The van der Waals surface area contributed by atoms with Gasteiger partial charge in [0.25, 0.3) is 5.56 Å². The maximum atomic E-state index is 13.0. The van der Waals surface area contributed by atoms with Crippen LogP contribution in [0.1, 0.15) is 5.56 Å². The number of hydrogen-bond acceptors (Lipinski definition) is 1. The number of benzene rings is 1. The number of rotatable bonds is 2. The van der Waals surface area contributed by atoms with Crippen LogP contribution in [0.2, 0.25) is 0 Å². The number of pyridine rings is 1. The first-order valence-electron chi connectivity index (χ1n) is 4.87. The quantitative estimate of drug-likeness (QED) is 0.766. The molecule has 0 aliphatic carbocycles. The van der Waals surface area contributed by atoms with Crippen LogP contribution in [0.25, 0.3) is 0 Å². The Balaban J connectivity index is 2.35. The molecule has 1 aromatic heterocycles. The summed E-state index contributed by atoms with van der Waals surface area (Å²) in [6.07, 6.45) is 1.62. The molecule has 2 nitrogen and oxygen atoms in total. The van der Waals surface area contributed by atoms with E-state index in [2.05, 4.69) is 0 Å². The summed E-state index contributed by atoms with van der Waals surface area (Å²) in [5.74, 6) is -1.79. The molecule has 0 aliphatic heterocycles. The van der Waals surface area contributed by atoms with Gasteiger partial charge >= 0.3 is 0 Å². The largest absolute Gasteiger partial charge is 0.310 e. The van der Waals surface area contributed by atoms with E-state index in [0.29, 0.717) is 9.13 Å². The Morgan fingerprint density at radius 1 is 1.18 bits per heavy atom. The Morgan fingerprint density at radius 3 is 2.65 bits per heavy atom. The van der Waals surface area contributed by atoms with E-state index >= 15 is 0 Å². The van der Waals surface area contributed by atoms with Crippen molar-refractivity contribution >= 4 is 22.6 Å². The summed E-state index contributed by atoms with van der Waals surface area (Å²) in [5, 5.41) is 0. The van der Waals surface area contributed by atoms with Crippen LogP contribution in [0.15, 0.2) is 41.3 Å². The van der Waals surface area contributed by atoms with Crippen LogP contribution in [0, 0.1) is 15.2 Å². The van der Waals surface area contributed by atoms with Crippen molar-refractivity contribution in [1.82, 2.24) is 4.57 Å². The lowest BCUT2D eigenvalue weighted by molar-refractivity contribution is 0.506. The van der Waals surface area contributed by atoms with E-state index in [0.717, 1.165) is 12.1 Å². The zero-order chi connectivity index (χ0) is 12.4. The third-order valence-corrected chi connectivity index (χ3v) is 3.13. The number of hydrogen-bond donors (Lipinski definition) is 0. The summed E-state index contributed by atoms with van der Waals surface area (Å²) in [7, 11) is 0. The van der Waals surface area contributed by atoms with Gasteiger partial charge in [0.2, 0.25) is 0 Å². The normalized spacial score (nSPS) is 10.5. The van der Waals surface area contributed by atoms with E-state index < -0.39 is 11.6 Å². The maximum absolute atomic E-state index is 13.0. The molecule has 0 saturated heterocycles. The highest BCUT2D eigenvalue weighted by molar-refractivity contribution is 14.1. The molecule has 2 aromatic rings. The standard InChI is InChI=1S/C12H8F2INO/c13-9-4-3-8(6-10(9)14)7-16-5-1-2-11(15)12(16)17/h1-6H,7H2. The summed E-state index contributed by atoms with van der Waals surface area (Å²) in [6, 6.07) is 7.06. The van der Waals surface area contributed by atoms with Crippen molar-refractivity contribution in [2.24, 2.45) is 0 Å².